The van der Waals surface area contributed by atoms with Gasteiger partial charge in [-0.15, -0.1) is 0 Å². The van der Waals surface area contributed by atoms with Gasteiger partial charge in [0.1, 0.15) is 24.2 Å². The zero-order valence-corrected chi connectivity index (χ0v) is 23.9. The SMILES string of the molecule is CCOC(=O)N1CCOCC1CCc1nc(-c2cccc(OCC(O)CNC)c2)nc(-c2c(C)noc2C)c1C. The van der Waals surface area contributed by atoms with Gasteiger partial charge in [0.25, 0.3) is 0 Å². The standard InChI is InChI=1S/C29H39N5O6/c1-6-38-29(36)34-12-13-37-16-22(34)10-11-25-18(2)27(26-19(3)33-40-20(26)4)32-28(31-25)21-8-7-9-24(14-21)39-17-23(35)15-30-5/h7-9,14,22-23,30,35H,6,10-13,15-17H2,1-5H3. The Morgan fingerprint density at radius 2 is 2.10 bits per heavy atom. The van der Waals surface area contributed by atoms with Crippen molar-refractivity contribution >= 4 is 6.09 Å². The lowest BCUT2D eigenvalue weighted by molar-refractivity contribution is -0.0103. The lowest BCUT2D eigenvalue weighted by atomic mass is 9.99. The number of aliphatic hydroxyl groups is 1. The van der Waals surface area contributed by atoms with Crippen LogP contribution in [0.5, 0.6) is 5.75 Å². The fourth-order valence-electron chi connectivity index (χ4n) is 4.86. The van der Waals surface area contributed by atoms with Crippen LogP contribution in [-0.2, 0) is 15.9 Å². The summed E-state index contributed by atoms with van der Waals surface area (Å²) < 4.78 is 22.3. The third kappa shape index (κ3) is 6.96. The maximum atomic E-state index is 12.5. The Bertz CT molecular complexity index is 1280. The quantitative estimate of drug-likeness (QED) is 0.364. The molecule has 40 heavy (non-hydrogen) atoms. The van der Waals surface area contributed by atoms with Crippen LogP contribution in [0.4, 0.5) is 4.79 Å². The molecular formula is C29H39N5O6. The summed E-state index contributed by atoms with van der Waals surface area (Å²) in [6, 6.07) is 7.40. The first-order valence-corrected chi connectivity index (χ1v) is 13.7. The zero-order valence-electron chi connectivity index (χ0n) is 23.9. The average Bonchev–Trinajstić information content (AvgIpc) is 3.29. The van der Waals surface area contributed by atoms with E-state index in [-0.39, 0.29) is 18.7 Å². The number of nitrogens with one attached hydrogen (secondary N) is 1. The van der Waals surface area contributed by atoms with Crippen molar-refractivity contribution in [1.29, 1.82) is 0 Å². The third-order valence-corrected chi connectivity index (χ3v) is 6.94. The first kappa shape index (κ1) is 29.4. The fourth-order valence-corrected chi connectivity index (χ4v) is 4.86. The van der Waals surface area contributed by atoms with E-state index in [9.17, 15) is 9.90 Å². The van der Waals surface area contributed by atoms with Gasteiger partial charge >= 0.3 is 6.09 Å². The van der Waals surface area contributed by atoms with Crippen LogP contribution < -0.4 is 10.1 Å². The Labute approximate surface area is 234 Å². The van der Waals surface area contributed by atoms with Gasteiger partial charge in [-0.05, 0) is 65.3 Å². The van der Waals surface area contributed by atoms with Crippen molar-refractivity contribution in [3.8, 4) is 28.4 Å². The molecule has 3 aromatic rings. The second-order valence-electron chi connectivity index (χ2n) is 9.88. The number of ether oxygens (including phenoxy) is 3. The molecule has 1 aromatic carbocycles. The first-order chi connectivity index (χ1) is 19.3. The van der Waals surface area contributed by atoms with Gasteiger partial charge in [-0.2, -0.15) is 0 Å². The van der Waals surface area contributed by atoms with E-state index in [1.165, 1.54) is 0 Å². The number of benzene rings is 1. The van der Waals surface area contributed by atoms with E-state index < -0.39 is 6.10 Å². The number of nitrogens with zero attached hydrogens (tertiary/aromatic N) is 4. The second kappa shape index (κ2) is 13.7. The molecule has 0 radical (unpaired) electrons. The molecule has 11 heteroatoms. The van der Waals surface area contributed by atoms with Gasteiger partial charge in [0.15, 0.2) is 5.82 Å². The number of likely N-dealkylation sites (N-methyl/N-ethyl adjacent to an activating group) is 1. The summed E-state index contributed by atoms with van der Waals surface area (Å²) in [4.78, 5) is 24.2. The lowest BCUT2D eigenvalue weighted by Crippen LogP contribution is -2.49. The minimum Gasteiger partial charge on any atom is -0.491 e. The highest BCUT2D eigenvalue weighted by atomic mass is 16.6. The number of amides is 1. The minimum absolute atomic E-state index is 0.117. The van der Waals surface area contributed by atoms with Gasteiger partial charge in [-0.25, -0.2) is 14.8 Å². The van der Waals surface area contributed by atoms with Gasteiger partial charge in [0, 0.05) is 24.3 Å². The number of rotatable bonds is 11. The number of aromatic nitrogens is 3. The second-order valence-corrected chi connectivity index (χ2v) is 9.88. The number of carbonyl (C=O) groups is 1. The molecule has 1 amide bonds. The van der Waals surface area contributed by atoms with Gasteiger partial charge in [-0.3, -0.25) is 0 Å². The van der Waals surface area contributed by atoms with Crippen molar-refractivity contribution in [3.05, 3.63) is 47.0 Å². The van der Waals surface area contributed by atoms with Crippen molar-refractivity contribution in [2.24, 2.45) is 0 Å². The molecule has 11 nitrogen and oxygen atoms in total. The number of aryl methyl sites for hydroxylation is 3. The monoisotopic (exact) mass is 553 g/mol. The summed E-state index contributed by atoms with van der Waals surface area (Å²) in [5, 5.41) is 17.1. The van der Waals surface area contributed by atoms with Crippen LogP contribution in [-0.4, -0.2) is 89.9 Å². The highest BCUT2D eigenvalue weighted by molar-refractivity contribution is 5.71. The molecule has 2 atom stereocenters. The summed E-state index contributed by atoms with van der Waals surface area (Å²) >= 11 is 0. The summed E-state index contributed by atoms with van der Waals surface area (Å²) in [6.07, 6.45) is 0.321. The highest BCUT2D eigenvalue weighted by Crippen LogP contribution is 2.32. The first-order valence-electron chi connectivity index (χ1n) is 13.7. The van der Waals surface area contributed by atoms with Crippen molar-refractivity contribution in [1.82, 2.24) is 25.3 Å². The lowest BCUT2D eigenvalue weighted by Gasteiger charge is -2.34. The molecule has 2 aromatic heterocycles. The molecule has 4 rings (SSSR count). The Morgan fingerprint density at radius 1 is 1.27 bits per heavy atom. The van der Waals surface area contributed by atoms with E-state index in [1.807, 2.05) is 45.0 Å². The number of carbonyl (C=O) groups excluding carboxylic acids is 1. The Kier molecular flexibility index (Phi) is 10.1. The molecule has 0 bridgehead atoms. The molecule has 1 aliphatic rings. The average molecular weight is 554 g/mol. The van der Waals surface area contributed by atoms with E-state index in [0.29, 0.717) is 63.1 Å². The Morgan fingerprint density at radius 3 is 2.83 bits per heavy atom. The smallest absolute Gasteiger partial charge is 0.410 e. The van der Waals surface area contributed by atoms with Crippen LogP contribution >= 0.6 is 0 Å². The molecule has 0 aliphatic carbocycles. The molecule has 1 saturated heterocycles. The predicted molar refractivity (Wildman–Crippen MR) is 149 cm³/mol. The van der Waals surface area contributed by atoms with E-state index in [0.717, 1.165) is 33.8 Å². The maximum Gasteiger partial charge on any atom is 0.410 e. The Balaban J connectivity index is 1.66. The molecule has 2 N–H and O–H groups in total. The largest absolute Gasteiger partial charge is 0.491 e. The fraction of sp³-hybridized carbons (Fsp3) is 0.517. The van der Waals surface area contributed by atoms with E-state index in [4.69, 9.17) is 28.7 Å². The van der Waals surface area contributed by atoms with Crippen LogP contribution in [0.1, 0.15) is 36.1 Å². The molecule has 0 saturated carbocycles. The van der Waals surface area contributed by atoms with Crippen LogP contribution in [0.25, 0.3) is 22.6 Å². The molecule has 216 valence electrons. The molecular weight excluding hydrogens is 514 g/mol. The third-order valence-electron chi connectivity index (χ3n) is 6.94. The van der Waals surface area contributed by atoms with Crippen LogP contribution in [0, 0.1) is 20.8 Å². The molecule has 1 aliphatic heterocycles. The van der Waals surface area contributed by atoms with Crippen molar-refractivity contribution in [2.45, 2.75) is 52.7 Å². The van der Waals surface area contributed by atoms with Crippen molar-refractivity contribution in [3.63, 3.8) is 0 Å². The minimum atomic E-state index is -0.625. The number of hydrogen-bond acceptors (Lipinski definition) is 10. The number of aliphatic hydroxyl groups excluding tert-OH is 1. The number of morpholine rings is 1. The van der Waals surface area contributed by atoms with Crippen LogP contribution in [0.3, 0.4) is 0 Å². The molecule has 2 unspecified atom stereocenters. The van der Waals surface area contributed by atoms with Crippen LogP contribution in [0.15, 0.2) is 28.8 Å². The van der Waals surface area contributed by atoms with Gasteiger partial charge in [0.05, 0.1) is 42.8 Å². The maximum absolute atomic E-state index is 12.5. The summed E-state index contributed by atoms with van der Waals surface area (Å²) in [6.45, 7) is 9.94. The van der Waals surface area contributed by atoms with E-state index >= 15 is 0 Å². The topological polar surface area (TPSA) is 132 Å². The van der Waals surface area contributed by atoms with E-state index in [1.54, 1.807) is 18.9 Å². The van der Waals surface area contributed by atoms with Gasteiger partial charge < -0.3 is 34.1 Å². The van der Waals surface area contributed by atoms with Crippen LogP contribution in [0.2, 0.25) is 0 Å². The van der Waals surface area contributed by atoms with Gasteiger partial charge in [0.2, 0.25) is 0 Å². The van der Waals surface area contributed by atoms with Crippen molar-refractivity contribution in [2.75, 3.05) is 46.6 Å². The number of hydrogen-bond donors (Lipinski definition) is 2. The van der Waals surface area contributed by atoms with Gasteiger partial charge in [-0.1, -0.05) is 17.3 Å². The summed E-state index contributed by atoms with van der Waals surface area (Å²) in [7, 11) is 1.78. The molecule has 3 heterocycles. The van der Waals surface area contributed by atoms with Crippen molar-refractivity contribution < 1.29 is 28.6 Å². The molecule has 1 fully saturated rings. The Hall–Kier alpha value is -3.54. The normalized spacial score (nSPS) is 16.1. The molecule has 0 spiro atoms. The summed E-state index contributed by atoms with van der Waals surface area (Å²) in [5.74, 6) is 1.83. The predicted octanol–water partition coefficient (Wildman–Crippen LogP) is 3.47. The van der Waals surface area contributed by atoms with E-state index in [2.05, 4.69) is 10.5 Å². The summed E-state index contributed by atoms with van der Waals surface area (Å²) in [5.41, 5.74) is 4.93. The highest BCUT2D eigenvalue weighted by Gasteiger charge is 2.29. The zero-order chi connectivity index (χ0) is 28.6.